The second-order valence-electron chi connectivity index (χ2n) is 7.74. The average Bonchev–Trinajstić information content (AvgIpc) is 3.14. The maximum atomic E-state index is 12.8. The van der Waals surface area contributed by atoms with Gasteiger partial charge in [0.05, 0.1) is 26.6 Å². The lowest BCUT2D eigenvalue weighted by molar-refractivity contribution is 0.449. The number of aromatic hydroxyl groups is 2. The molecule has 0 bridgehead atoms. The quantitative estimate of drug-likeness (QED) is 0.293. The Morgan fingerprint density at radius 1 is 0.912 bits per heavy atom. The fourth-order valence-corrected chi connectivity index (χ4v) is 5.03. The summed E-state index contributed by atoms with van der Waals surface area (Å²) in [4.78, 5) is 15.4. The Morgan fingerprint density at radius 2 is 1.68 bits per heavy atom. The summed E-state index contributed by atoms with van der Waals surface area (Å²) in [5.74, 6) is -0.631. The van der Waals surface area contributed by atoms with Crippen molar-refractivity contribution in [3.05, 3.63) is 93.9 Å². The highest BCUT2D eigenvalue weighted by Crippen LogP contribution is 2.34. The van der Waals surface area contributed by atoms with Crippen LogP contribution in [0.15, 0.2) is 82.5 Å². The molecule has 0 radical (unpaired) electrons. The number of phenolic OH excluding ortho intramolecular Hbond substituents is 2. The summed E-state index contributed by atoms with van der Waals surface area (Å²) < 4.78 is 29.4. The van der Waals surface area contributed by atoms with Crippen LogP contribution in [0.25, 0.3) is 27.5 Å². The lowest BCUT2D eigenvalue weighted by atomic mass is 10.1. The third-order valence-corrected chi connectivity index (χ3v) is 7.23. The van der Waals surface area contributed by atoms with Crippen molar-refractivity contribution in [2.24, 2.45) is 0 Å². The van der Waals surface area contributed by atoms with Gasteiger partial charge in [-0.15, -0.1) is 0 Å². The molecule has 4 N–H and O–H groups in total. The van der Waals surface area contributed by atoms with Crippen molar-refractivity contribution in [3.8, 4) is 17.2 Å². The molecule has 8 nitrogen and oxygen atoms in total. The van der Waals surface area contributed by atoms with Gasteiger partial charge in [0, 0.05) is 12.6 Å². The highest BCUT2D eigenvalue weighted by atomic mass is 35.5. The van der Waals surface area contributed by atoms with E-state index in [2.05, 4.69) is 9.71 Å². The lowest BCUT2D eigenvalue weighted by Gasteiger charge is -2.10. The predicted molar refractivity (Wildman–Crippen MR) is 130 cm³/mol. The maximum absolute atomic E-state index is 12.8. The first kappa shape index (κ1) is 22.0. The van der Waals surface area contributed by atoms with Gasteiger partial charge in [-0.05, 0) is 46.7 Å². The highest BCUT2D eigenvalue weighted by Gasteiger charge is 2.17. The molecule has 1 aromatic heterocycles. The van der Waals surface area contributed by atoms with Gasteiger partial charge in [-0.1, -0.05) is 48.0 Å². The van der Waals surface area contributed by atoms with Crippen LogP contribution < -0.4 is 10.4 Å². The molecule has 0 aliphatic heterocycles. The molecule has 0 unspecified atom stereocenters. The van der Waals surface area contributed by atoms with E-state index in [1.807, 2.05) is 24.3 Å². The molecule has 4 aromatic carbocycles. The van der Waals surface area contributed by atoms with Crippen LogP contribution >= 0.6 is 11.6 Å². The Bertz CT molecular complexity index is 1740. The fourth-order valence-electron chi connectivity index (χ4n) is 3.82. The molecule has 172 valence electrons. The van der Waals surface area contributed by atoms with Crippen molar-refractivity contribution in [1.29, 1.82) is 0 Å². The zero-order chi connectivity index (χ0) is 24.0. The minimum Gasteiger partial charge on any atom is -0.506 e. The first-order chi connectivity index (χ1) is 16.2. The van der Waals surface area contributed by atoms with Gasteiger partial charge in [-0.25, -0.2) is 17.9 Å². The Balaban J connectivity index is 1.44. The first-order valence-electron chi connectivity index (χ1n) is 10.2. The van der Waals surface area contributed by atoms with E-state index in [0.717, 1.165) is 16.8 Å². The van der Waals surface area contributed by atoms with E-state index in [1.165, 1.54) is 10.6 Å². The molecule has 0 saturated heterocycles. The van der Waals surface area contributed by atoms with E-state index < -0.39 is 15.7 Å². The van der Waals surface area contributed by atoms with E-state index in [-0.39, 0.29) is 33.6 Å². The number of sulfonamides is 1. The van der Waals surface area contributed by atoms with Crippen LogP contribution in [-0.4, -0.2) is 28.2 Å². The molecule has 0 amide bonds. The topological polar surface area (TPSA) is 124 Å². The van der Waals surface area contributed by atoms with E-state index in [1.54, 1.807) is 36.4 Å². The van der Waals surface area contributed by atoms with Crippen molar-refractivity contribution < 1.29 is 18.6 Å². The third-order valence-electron chi connectivity index (χ3n) is 5.53. The fraction of sp³-hybridized carbons (Fsp3) is 0.0417. The smallest absolute Gasteiger partial charge is 0.331 e. The summed E-state index contributed by atoms with van der Waals surface area (Å²) in [5.41, 5.74) is 1.09. The van der Waals surface area contributed by atoms with Crippen LogP contribution in [0.1, 0.15) is 5.56 Å². The van der Waals surface area contributed by atoms with Crippen molar-refractivity contribution in [2.45, 2.75) is 11.4 Å². The van der Waals surface area contributed by atoms with Crippen molar-refractivity contribution >= 4 is 43.4 Å². The molecule has 0 spiro atoms. The number of hydrogen-bond donors (Lipinski definition) is 4. The predicted octanol–water partition coefficient (Wildman–Crippen LogP) is 4.02. The van der Waals surface area contributed by atoms with E-state index in [9.17, 15) is 23.4 Å². The Hall–Kier alpha value is -3.79. The maximum Gasteiger partial charge on any atom is 0.331 e. The van der Waals surface area contributed by atoms with E-state index >= 15 is 0 Å². The Labute approximate surface area is 198 Å². The van der Waals surface area contributed by atoms with Gasteiger partial charge in [-0.3, -0.25) is 4.57 Å². The molecule has 0 aliphatic carbocycles. The number of benzene rings is 4. The molecule has 5 rings (SSSR count). The molecule has 0 atom stereocenters. The van der Waals surface area contributed by atoms with Crippen molar-refractivity contribution in [1.82, 2.24) is 14.3 Å². The van der Waals surface area contributed by atoms with Crippen LogP contribution in [0.3, 0.4) is 0 Å². The summed E-state index contributed by atoms with van der Waals surface area (Å²) >= 11 is 5.95. The van der Waals surface area contributed by atoms with Gasteiger partial charge in [0.25, 0.3) is 0 Å². The number of imidazole rings is 1. The van der Waals surface area contributed by atoms with Crippen molar-refractivity contribution in [2.75, 3.05) is 0 Å². The summed E-state index contributed by atoms with van der Waals surface area (Å²) in [6, 6.07) is 19.7. The number of hydrogen-bond acceptors (Lipinski definition) is 5. The van der Waals surface area contributed by atoms with Crippen LogP contribution in [0.4, 0.5) is 0 Å². The molecule has 0 aliphatic rings. The van der Waals surface area contributed by atoms with Gasteiger partial charge in [0.2, 0.25) is 10.0 Å². The summed E-state index contributed by atoms with van der Waals surface area (Å²) in [5, 5.41) is 21.6. The number of phenols is 2. The van der Waals surface area contributed by atoms with Crippen LogP contribution in [0.5, 0.6) is 11.5 Å². The molecule has 0 fully saturated rings. The molecule has 0 saturated carbocycles. The van der Waals surface area contributed by atoms with Crippen LogP contribution in [0.2, 0.25) is 5.02 Å². The van der Waals surface area contributed by atoms with Gasteiger partial charge in [0.15, 0.2) is 0 Å². The summed E-state index contributed by atoms with van der Waals surface area (Å²) in [6.07, 6.45) is 0. The number of aromatic nitrogens is 2. The van der Waals surface area contributed by atoms with Gasteiger partial charge >= 0.3 is 5.69 Å². The SMILES string of the molecule is O=c1[nH]c2cc(CNS(=O)(=O)c3ccc4ccccc4c3)ccc2n1-c1cc(Cl)c(O)cc1O. The molecular weight excluding hydrogens is 478 g/mol. The van der Waals surface area contributed by atoms with E-state index in [4.69, 9.17) is 11.6 Å². The lowest BCUT2D eigenvalue weighted by Crippen LogP contribution is -2.23. The number of aromatic amines is 1. The third kappa shape index (κ3) is 3.90. The number of H-pyrrole nitrogens is 1. The second kappa shape index (κ2) is 8.21. The number of halogens is 1. The second-order valence-corrected chi connectivity index (χ2v) is 9.92. The normalized spacial score (nSPS) is 11.9. The minimum atomic E-state index is -3.76. The van der Waals surface area contributed by atoms with Gasteiger partial charge < -0.3 is 15.2 Å². The monoisotopic (exact) mass is 495 g/mol. The zero-order valence-corrected chi connectivity index (χ0v) is 19.1. The Morgan fingerprint density at radius 3 is 2.47 bits per heavy atom. The average molecular weight is 496 g/mol. The van der Waals surface area contributed by atoms with Crippen LogP contribution in [-0.2, 0) is 16.6 Å². The zero-order valence-electron chi connectivity index (χ0n) is 17.5. The molecular formula is C24H18ClN3O5S. The molecule has 5 aromatic rings. The first-order valence-corrected chi connectivity index (χ1v) is 12.0. The highest BCUT2D eigenvalue weighted by molar-refractivity contribution is 7.89. The number of rotatable bonds is 5. The van der Waals surface area contributed by atoms with Gasteiger partial charge in [-0.2, -0.15) is 0 Å². The largest absolute Gasteiger partial charge is 0.506 e. The number of nitrogens with zero attached hydrogens (tertiary/aromatic N) is 1. The molecule has 34 heavy (non-hydrogen) atoms. The minimum absolute atomic E-state index is 0.00853. The summed E-state index contributed by atoms with van der Waals surface area (Å²) in [7, 11) is -3.76. The van der Waals surface area contributed by atoms with Crippen LogP contribution in [0, 0.1) is 0 Å². The van der Waals surface area contributed by atoms with E-state index in [0.29, 0.717) is 16.6 Å². The van der Waals surface area contributed by atoms with Crippen molar-refractivity contribution in [3.63, 3.8) is 0 Å². The molecule has 1 heterocycles. The summed E-state index contributed by atoms with van der Waals surface area (Å²) in [6.45, 7) is 0.00853. The number of fused-ring (bicyclic) bond motifs is 2. The van der Waals surface area contributed by atoms with Gasteiger partial charge in [0.1, 0.15) is 11.5 Å². The number of nitrogens with one attached hydrogen (secondary N) is 2. The molecule has 10 heteroatoms. The Kier molecular flexibility index (Phi) is 5.32. The standard InChI is InChI=1S/C24H18ClN3O5S/c25-18-11-21(23(30)12-22(18)29)28-20-8-5-14(9-19(20)27-24(28)31)13-26-34(32,33)17-7-6-15-3-1-2-4-16(15)10-17/h1-12,26,29-30H,13H2,(H,27,31).